The summed E-state index contributed by atoms with van der Waals surface area (Å²) in [6.45, 7) is 10.7. The summed E-state index contributed by atoms with van der Waals surface area (Å²) in [5.74, 6) is 0. The minimum absolute atomic E-state index is 0.0998. The highest BCUT2D eigenvalue weighted by Gasteiger charge is 2.51. The standard InChI is InChI=1S/C19H30BN3O4/c1-18(2)19(3,4)27-20(26-18)14-6-9-21-15(12-14)13-23-10-7-16(8-11-23)22(5)17(24)25/h6,9,12,16H,7-8,10-11,13H2,1-5H3,(H,24,25). The van der Waals surface area contributed by atoms with Gasteiger partial charge in [0, 0.05) is 38.9 Å². The lowest BCUT2D eigenvalue weighted by molar-refractivity contribution is 0.00578. The lowest BCUT2D eigenvalue weighted by atomic mass is 9.79. The molecule has 27 heavy (non-hydrogen) atoms. The lowest BCUT2D eigenvalue weighted by Crippen LogP contribution is -2.45. The Hall–Kier alpha value is -1.64. The summed E-state index contributed by atoms with van der Waals surface area (Å²) in [7, 11) is 1.27. The van der Waals surface area contributed by atoms with Gasteiger partial charge >= 0.3 is 13.2 Å². The first-order chi connectivity index (χ1) is 12.6. The molecule has 148 valence electrons. The SMILES string of the molecule is CN(C(=O)O)C1CCN(Cc2cc(B3OC(C)(C)C(C)(C)O3)ccn2)CC1. The van der Waals surface area contributed by atoms with E-state index in [-0.39, 0.29) is 24.4 Å². The van der Waals surface area contributed by atoms with Gasteiger partial charge in [-0.3, -0.25) is 9.88 Å². The van der Waals surface area contributed by atoms with Crippen molar-refractivity contribution in [3.05, 3.63) is 24.0 Å². The highest BCUT2D eigenvalue weighted by molar-refractivity contribution is 6.62. The molecule has 8 heteroatoms. The van der Waals surface area contributed by atoms with Crippen molar-refractivity contribution >= 4 is 18.7 Å². The van der Waals surface area contributed by atoms with E-state index in [9.17, 15) is 4.79 Å². The van der Waals surface area contributed by atoms with Crippen LogP contribution in [0, 0.1) is 0 Å². The van der Waals surface area contributed by atoms with Crippen molar-refractivity contribution in [2.24, 2.45) is 0 Å². The molecule has 2 aliphatic heterocycles. The zero-order chi connectivity index (χ0) is 19.8. The number of hydrogen-bond donors (Lipinski definition) is 1. The number of aromatic nitrogens is 1. The highest BCUT2D eigenvalue weighted by atomic mass is 16.7. The third kappa shape index (κ3) is 4.28. The first-order valence-electron chi connectivity index (χ1n) is 9.57. The number of carboxylic acid groups (broad SMARTS) is 1. The topological polar surface area (TPSA) is 75.1 Å². The molecule has 1 aromatic rings. The maximum Gasteiger partial charge on any atom is 0.494 e. The summed E-state index contributed by atoms with van der Waals surface area (Å²) in [6, 6.07) is 4.10. The fraction of sp³-hybridized carbons (Fsp3) is 0.684. The molecule has 0 aliphatic carbocycles. The summed E-state index contributed by atoms with van der Waals surface area (Å²) >= 11 is 0. The molecule has 1 aromatic heterocycles. The van der Waals surface area contributed by atoms with Crippen LogP contribution in [0.5, 0.6) is 0 Å². The summed E-state index contributed by atoms with van der Waals surface area (Å²) < 4.78 is 12.3. The van der Waals surface area contributed by atoms with Crippen LogP contribution in [0.25, 0.3) is 0 Å². The van der Waals surface area contributed by atoms with Crippen LogP contribution in [0.3, 0.4) is 0 Å². The van der Waals surface area contributed by atoms with Crippen molar-refractivity contribution in [1.82, 2.24) is 14.8 Å². The molecule has 1 N–H and O–H groups in total. The number of likely N-dealkylation sites (tertiary alicyclic amines) is 1. The van der Waals surface area contributed by atoms with Gasteiger partial charge in [0.05, 0.1) is 16.9 Å². The predicted octanol–water partition coefficient (Wildman–Crippen LogP) is 1.95. The van der Waals surface area contributed by atoms with E-state index >= 15 is 0 Å². The van der Waals surface area contributed by atoms with Crippen molar-refractivity contribution in [3.8, 4) is 0 Å². The summed E-state index contributed by atoms with van der Waals surface area (Å²) in [4.78, 5) is 19.4. The normalized spacial score (nSPS) is 22.8. The second-order valence-corrected chi connectivity index (χ2v) is 8.57. The number of rotatable bonds is 4. The van der Waals surface area contributed by atoms with E-state index in [1.165, 1.54) is 4.90 Å². The van der Waals surface area contributed by atoms with Crippen LogP contribution in [0.2, 0.25) is 0 Å². The Morgan fingerprint density at radius 3 is 2.44 bits per heavy atom. The van der Waals surface area contributed by atoms with Crippen LogP contribution in [-0.2, 0) is 15.9 Å². The third-order valence-electron chi connectivity index (χ3n) is 6.16. The summed E-state index contributed by atoms with van der Waals surface area (Å²) in [5, 5.41) is 9.12. The van der Waals surface area contributed by atoms with Gasteiger partial charge in [-0.1, -0.05) is 0 Å². The summed E-state index contributed by atoms with van der Waals surface area (Å²) in [5.41, 5.74) is 1.24. The molecule has 0 spiro atoms. The molecule has 0 unspecified atom stereocenters. The van der Waals surface area contributed by atoms with Gasteiger partial charge < -0.3 is 19.3 Å². The van der Waals surface area contributed by atoms with Crippen LogP contribution in [0.4, 0.5) is 4.79 Å². The van der Waals surface area contributed by atoms with Crippen molar-refractivity contribution in [2.75, 3.05) is 20.1 Å². The second-order valence-electron chi connectivity index (χ2n) is 8.57. The Morgan fingerprint density at radius 1 is 1.30 bits per heavy atom. The van der Waals surface area contributed by atoms with Crippen LogP contribution in [0.15, 0.2) is 18.3 Å². The molecule has 0 bridgehead atoms. The van der Waals surface area contributed by atoms with E-state index in [1.807, 2.05) is 33.8 Å². The van der Waals surface area contributed by atoms with Gasteiger partial charge in [0.15, 0.2) is 0 Å². The maximum absolute atomic E-state index is 11.1. The van der Waals surface area contributed by atoms with Crippen LogP contribution >= 0.6 is 0 Å². The number of nitrogens with zero attached hydrogens (tertiary/aromatic N) is 3. The molecule has 7 nitrogen and oxygen atoms in total. The van der Waals surface area contributed by atoms with Gasteiger partial charge in [-0.05, 0) is 58.1 Å². The third-order valence-corrected chi connectivity index (χ3v) is 6.16. The molecule has 2 aliphatic rings. The Bertz CT molecular complexity index is 673. The monoisotopic (exact) mass is 375 g/mol. The zero-order valence-electron chi connectivity index (χ0n) is 16.9. The van der Waals surface area contributed by atoms with Gasteiger partial charge in [0.2, 0.25) is 0 Å². The quantitative estimate of drug-likeness (QED) is 0.811. The van der Waals surface area contributed by atoms with E-state index in [2.05, 4.69) is 16.0 Å². The molecule has 0 atom stereocenters. The number of pyridine rings is 1. The van der Waals surface area contributed by atoms with Gasteiger partial charge in [0.25, 0.3) is 0 Å². The molecular formula is C19H30BN3O4. The first-order valence-corrected chi connectivity index (χ1v) is 9.57. The molecule has 0 aromatic carbocycles. The lowest BCUT2D eigenvalue weighted by Gasteiger charge is -2.35. The maximum atomic E-state index is 11.1. The molecule has 3 rings (SSSR count). The fourth-order valence-electron chi connectivity index (χ4n) is 3.56. The molecule has 3 heterocycles. The van der Waals surface area contributed by atoms with E-state index < -0.39 is 6.09 Å². The molecule has 0 saturated carbocycles. The first kappa shape index (κ1) is 20.1. The highest BCUT2D eigenvalue weighted by Crippen LogP contribution is 2.36. The van der Waals surface area contributed by atoms with Crippen LogP contribution in [0.1, 0.15) is 46.2 Å². The van der Waals surface area contributed by atoms with E-state index in [0.29, 0.717) is 0 Å². The van der Waals surface area contributed by atoms with E-state index in [1.54, 1.807) is 13.2 Å². The second kappa shape index (κ2) is 7.41. The molecule has 0 radical (unpaired) electrons. The van der Waals surface area contributed by atoms with Crippen molar-refractivity contribution in [1.29, 1.82) is 0 Å². The molecule has 2 fully saturated rings. The Kier molecular flexibility index (Phi) is 5.52. The smallest absolute Gasteiger partial charge is 0.465 e. The molecule has 1 amide bonds. The number of amides is 1. The Labute approximate surface area is 161 Å². The molecule has 2 saturated heterocycles. The zero-order valence-corrected chi connectivity index (χ0v) is 16.9. The minimum Gasteiger partial charge on any atom is -0.465 e. The Balaban J connectivity index is 1.60. The van der Waals surface area contributed by atoms with Crippen molar-refractivity contribution in [2.45, 2.75) is 64.3 Å². The minimum atomic E-state index is -0.856. The van der Waals surface area contributed by atoms with Gasteiger partial charge in [-0.2, -0.15) is 0 Å². The van der Waals surface area contributed by atoms with Crippen molar-refractivity contribution < 1.29 is 19.2 Å². The van der Waals surface area contributed by atoms with E-state index in [4.69, 9.17) is 14.4 Å². The number of carbonyl (C=O) groups is 1. The number of piperidine rings is 1. The van der Waals surface area contributed by atoms with Gasteiger partial charge in [0.1, 0.15) is 0 Å². The number of hydrogen-bond acceptors (Lipinski definition) is 5. The predicted molar refractivity (Wildman–Crippen MR) is 104 cm³/mol. The van der Waals surface area contributed by atoms with Crippen LogP contribution in [-0.4, -0.2) is 70.5 Å². The largest absolute Gasteiger partial charge is 0.494 e. The van der Waals surface area contributed by atoms with Gasteiger partial charge in [-0.25, -0.2) is 4.79 Å². The van der Waals surface area contributed by atoms with E-state index in [0.717, 1.165) is 43.6 Å². The van der Waals surface area contributed by atoms with Crippen molar-refractivity contribution in [3.63, 3.8) is 0 Å². The molecular weight excluding hydrogens is 345 g/mol. The van der Waals surface area contributed by atoms with Gasteiger partial charge in [-0.15, -0.1) is 0 Å². The summed E-state index contributed by atoms with van der Waals surface area (Å²) in [6.07, 6.45) is 2.64. The van der Waals surface area contributed by atoms with Crippen LogP contribution < -0.4 is 5.46 Å². The average molecular weight is 375 g/mol. The Morgan fingerprint density at radius 2 is 1.89 bits per heavy atom. The fourth-order valence-corrected chi connectivity index (χ4v) is 3.56. The average Bonchev–Trinajstić information content (AvgIpc) is 2.83.